The maximum Gasteiger partial charge on any atom is 0.338 e. The number of nitrogens with zero attached hydrogens (tertiary/aromatic N) is 1. The molecule has 2 aromatic rings. The quantitative estimate of drug-likeness (QED) is 0.230. The molecule has 0 bridgehead atoms. The number of hydrogen-bond acceptors (Lipinski definition) is 6. The standard InChI is InChI=1S/C40H51F4NO6S/c1-34(2)23-50-38(51-24-34)19-16-32-33-29(15-18-37(32,46)22-38)31-17-20-39(47,40(43,44)36(4,41)42)35(31,3)21-30(33)27-9-7-25(8-10-27)26-11-13-28(14-12-26)52(48,49)45(5)6/h7-14,29-31,46-47H,15-24H2,1-6H3/t29?,30?,31?,35?,37-,39+/m1/s1. The molecule has 2 aromatic carbocycles. The van der Waals surface area contributed by atoms with Crippen LogP contribution in [0.3, 0.4) is 0 Å². The van der Waals surface area contributed by atoms with Gasteiger partial charge in [-0.15, -0.1) is 0 Å². The van der Waals surface area contributed by atoms with Crippen molar-refractivity contribution < 1.29 is 45.7 Å². The summed E-state index contributed by atoms with van der Waals surface area (Å²) < 4.78 is 100. The number of rotatable bonds is 6. The first-order valence-electron chi connectivity index (χ1n) is 18.3. The molecule has 6 atom stereocenters. The molecule has 4 aliphatic carbocycles. The Morgan fingerprint density at radius 2 is 1.42 bits per heavy atom. The summed E-state index contributed by atoms with van der Waals surface area (Å²) in [5.41, 5.74) is -1.70. The predicted octanol–water partition coefficient (Wildman–Crippen LogP) is 7.92. The van der Waals surface area contributed by atoms with E-state index in [4.69, 9.17) is 9.47 Å². The zero-order valence-electron chi connectivity index (χ0n) is 30.8. The normalized spacial score (nSPS) is 34.6. The third-order valence-corrected chi connectivity index (χ3v) is 15.2. The summed E-state index contributed by atoms with van der Waals surface area (Å²) in [7, 11) is -0.675. The monoisotopic (exact) mass is 749 g/mol. The number of benzene rings is 2. The maximum atomic E-state index is 15.8. The molecule has 1 spiro atoms. The molecule has 1 saturated heterocycles. The van der Waals surface area contributed by atoms with Gasteiger partial charge in [-0.1, -0.05) is 62.7 Å². The van der Waals surface area contributed by atoms with Gasteiger partial charge in [-0.3, -0.25) is 0 Å². The lowest BCUT2D eigenvalue weighted by atomic mass is 9.49. The Morgan fingerprint density at radius 3 is 1.98 bits per heavy atom. The topological polar surface area (TPSA) is 96.3 Å². The van der Waals surface area contributed by atoms with Crippen LogP contribution >= 0.6 is 0 Å². The van der Waals surface area contributed by atoms with E-state index < -0.39 is 62.5 Å². The van der Waals surface area contributed by atoms with Crippen LogP contribution in [0.4, 0.5) is 17.6 Å². The lowest BCUT2D eigenvalue weighted by Crippen LogP contribution is -2.66. The van der Waals surface area contributed by atoms with Gasteiger partial charge in [-0.05, 0) is 84.8 Å². The van der Waals surface area contributed by atoms with Gasteiger partial charge in [0.1, 0.15) is 5.60 Å². The fourth-order valence-corrected chi connectivity index (χ4v) is 11.3. The van der Waals surface area contributed by atoms with E-state index in [-0.39, 0.29) is 42.4 Å². The molecular weight excluding hydrogens is 698 g/mol. The van der Waals surface area contributed by atoms with Crippen LogP contribution in [0.1, 0.15) is 90.5 Å². The Morgan fingerprint density at radius 1 is 0.846 bits per heavy atom. The highest BCUT2D eigenvalue weighted by Gasteiger charge is 2.77. The van der Waals surface area contributed by atoms with E-state index >= 15 is 8.78 Å². The highest BCUT2D eigenvalue weighted by molar-refractivity contribution is 7.89. The molecule has 3 saturated carbocycles. The van der Waals surface area contributed by atoms with Crippen molar-refractivity contribution in [2.24, 2.45) is 22.7 Å². The van der Waals surface area contributed by atoms with E-state index in [0.29, 0.717) is 38.9 Å². The van der Waals surface area contributed by atoms with E-state index in [2.05, 4.69) is 13.8 Å². The van der Waals surface area contributed by atoms with Gasteiger partial charge in [-0.25, -0.2) is 21.5 Å². The third-order valence-electron chi connectivity index (χ3n) is 13.4. The van der Waals surface area contributed by atoms with Gasteiger partial charge in [0.05, 0.1) is 23.7 Å². The van der Waals surface area contributed by atoms with Crippen LogP contribution in [-0.2, 0) is 19.5 Å². The molecule has 0 aromatic heterocycles. The summed E-state index contributed by atoms with van der Waals surface area (Å²) in [6.07, 6.45) is 1.80. The van der Waals surface area contributed by atoms with E-state index in [0.717, 1.165) is 32.1 Å². The lowest BCUT2D eigenvalue weighted by molar-refractivity contribution is -0.323. The lowest BCUT2D eigenvalue weighted by Gasteiger charge is -2.59. The number of ether oxygens (including phenoxy) is 2. The van der Waals surface area contributed by atoms with Gasteiger partial charge in [-0.2, -0.15) is 8.78 Å². The third kappa shape index (κ3) is 5.64. The van der Waals surface area contributed by atoms with Gasteiger partial charge >= 0.3 is 11.8 Å². The van der Waals surface area contributed by atoms with Gasteiger partial charge in [0.2, 0.25) is 10.0 Å². The SMILES string of the molecule is CN(C)S(=O)(=O)c1ccc(-c2ccc(C3CC4(C)C(CC[C@@]4(O)C(F)(F)C(C)(F)F)C4CC[C@@]5(O)CC6(CCC5=C34)OCC(C)(C)CO6)cc2)cc1. The zero-order valence-corrected chi connectivity index (χ0v) is 31.6. The molecule has 7 nitrogen and oxygen atoms in total. The van der Waals surface area contributed by atoms with E-state index in [9.17, 15) is 27.4 Å². The minimum absolute atomic E-state index is 0.00796. The van der Waals surface area contributed by atoms with Crippen LogP contribution in [0.5, 0.6) is 0 Å². The summed E-state index contributed by atoms with van der Waals surface area (Å²) in [4.78, 5) is 0.160. The molecule has 2 N–H and O–H groups in total. The predicted molar refractivity (Wildman–Crippen MR) is 188 cm³/mol. The van der Waals surface area contributed by atoms with Crippen molar-refractivity contribution in [1.82, 2.24) is 4.31 Å². The van der Waals surface area contributed by atoms with Crippen LogP contribution in [0.15, 0.2) is 64.6 Å². The Bertz CT molecular complexity index is 1850. The number of halogens is 4. The smallest absolute Gasteiger partial charge is 0.338 e. The molecular formula is C40H51F4NO6S. The van der Waals surface area contributed by atoms with Crippen molar-refractivity contribution in [3.05, 3.63) is 65.2 Å². The molecule has 7 rings (SSSR count). The molecule has 1 heterocycles. The van der Waals surface area contributed by atoms with Crippen LogP contribution in [0.2, 0.25) is 0 Å². The van der Waals surface area contributed by atoms with Gasteiger partial charge in [0.15, 0.2) is 5.79 Å². The zero-order chi connectivity index (χ0) is 37.9. The minimum Gasteiger partial charge on any atom is -0.385 e. The van der Waals surface area contributed by atoms with E-state index in [1.807, 2.05) is 24.3 Å². The van der Waals surface area contributed by atoms with Gasteiger partial charge in [0, 0.05) is 50.6 Å². The molecule has 5 aliphatic rings. The van der Waals surface area contributed by atoms with E-state index in [1.54, 1.807) is 31.2 Å². The molecule has 12 heteroatoms. The summed E-state index contributed by atoms with van der Waals surface area (Å²) in [6, 6.07) is 14.1. The Kier molecular flexibility index (Phi) is 8.81. The van der Waals surface area contributed by atoms with E-state index in [1.165, 1.54) is 14.1 Å². The summed E-state index contributed by atoms with van der Waals surface area (Å²) >= 11 is 0. The number of allylic oxidation sites excluding steroid dienone is 1. The molecule has 0 amide bonds. The van der Waals surface area contributed by atoms with Crippen LogP contribution in [0.25, 0.3) is 11.1 Å². The molecule has 4 fully saturated rings. The summed E-state index contributed by atoms with van der Waals surface area (Å²) in [6.45, 7) is 6.88. The van der Waals surface area contributed by atoms with Crippen LogP contribution in [0, 0.1) is 22.7 Å². The van der Waals surface area contributed by atoms with Crippen molar-refractivity contribution in [2.45, 2.75) is 119 Å². The van der Waals surface area contributed by atoms with Crippen molar-refractivity contribution in [3.8, 4) is 11.1 Å². The summed E-state index contributed by atoms with van der Waals surface area (Å²) in [5.74, 6) is -11.3. The van der Waals surface area contributed by atoms with Crippen LogP contribution in [-0.4, -0.2) is 79.1 Å². The first-order chi connectivity index (χ1) is 24.0. The fourth-order valence-electron chi connectivity index (χ4n) is 10.4. The molecule has 0 radical (unpaired) electrons. The number of hydrogen-bond donors (Lipinski definition) is 2. The van der Waals surface area contributed by atoms with Crippen molar-refractivity contribution in [3.63, 3.8) is 0 Å². The first-order valence-corrected chi connectivity index (χ1v) is 19.8. The highest BCUT2D eigenvalue weighted by Crippen LogP contribution is 2.71. The average molecular weight is 750 g/mol. The molecule has 52 heavy (non-hydrogen) atoms. The number of sulfonamides is 1. The highest BCUT2D eigenvalue weighted by atomic mass is 32.2. The van der Waals surface area contributed by atoms with Crippen molar-refractivity contribution >= 4 is 10.0 Å². The first kappa shape index (κ1) is 37.9. The van der Waals surface area contributed by atoms with Crippen LogP contribution < -0.4 is 0 Å². The fraction of sp³-hybridized carbons (Fsp3) is 0.650. The van der Waals surface area contributed by atoms with Crippen molar-refractivity contribution in [2.75, 3.05) is 27.3 Å². The average Bonchev–Trinajstić information content (AvgIpc) is 3.36. The molecule has 286 valence electrons. The Labute approximate surface area is 304 Å². The molecule has 4 unspecified atom stereocenters. The number of fused-ring (bicyclic) bond motifs is 4. The number of aliphatic hydroxyl groups is 2. The Hall–Kier alpha value is -2.35. The summed E-state index contributed by atoms with van der Waals surface area (Å²) in [5, 5.41) is 24.3. The Balaban J connectivity index is 1.30. The largest absolute Gasteiger partial charge is 0.385 e. The maximum absolute atomic E-state index is 15.8. The molecule has 1 aliphatic heterocycles. The second-order valence-electron chi connectivity index (χ2n) is 17.5. The van der Waals surface area contributed by atoms with Gasteiger partial charge < -0.3 is 19.7 Å². The van der Waals surface area contributed by atoms with Gasteiger partial charge in [0.25, 0.3) is 0 Å². The second-order valence-corrected chi connectivity index (χ2v) is 19.7. The minimum atomic E-state index is -4.66. The van der Waals surface area contributed by atoms with Crippen molar-refractivity contribution in [1.29, 1.82) is 0 Å². The number of alkyl halides is 4. The second kappa shape index (κ2) is 12.1.